The van der Waals surface area contributed by atoms with E-state index in [0.29, 0.717) is 28.6 Å². The number of aryl methyl sites for hydroxylation is 1. The predicted molar refractivity (Wildman–Crippen MR) is 100 cm³/mol. The molecule has 26 heavy (non-hydrogen) atoms. The first-order valence-electron chi connectivity index (χ1n) is 7.99. The molecule has 0 aliphatic carbocycles. The van der Waals surface area contributed by atoms with Crippen molar-refractivity contribution in [2.75, 3.05) is 0 Å². The highest BCUT2D eigenvalue weighted by Crippen LogP contribution is 2.25. The summed E-state index contributed by atoms with van der Waals surface area (Å²) in [5.41, 5.74) is 2.88. The van der Waals surface area contributed by atoms with Crippen LogP contribution in [0.2, 0.25) is 10.0 Å². The van der Waals surface area contributed by atoms with Crippen LogP contribution in [0.25, 0.3) is 11.2 Å². The molecular weight excluding hydrogens is 373 g/mol. The third-order valence-corrected chi connectivity index (χ3v) is 4.71. The number of nitrogens with one attached hydrogen (secondary N) is 1. The molecule has 132 valence electrons. The summed E-state index contributed by atoms with van der Waals surface area (Å²) >= 11 is 12.6. The summed E-state index contributed by atoms with van der Waals surface area (Å²) in [7, 11) is 0. The summed E-state index contributed by atoms with van der Waals surface area (Å²) in [6.45, 7) is 2.78. The van der Waals surface area contributed by atoms with E-state index in [-0.39, 0.29) is 0 Å². The van der Waals surface area contributed by atoms with Gasteiger partial charge in [0.05, 0.1) is 25.7 Å². The van der Waals surface area contributed by atoms with Crippen LogP contribution >= 0.6 is 23.2 Å². The molecule has 0 fully saturated rings. The van der Waals surface area contributed by atoms with Crippen LogP contribution in [0.4, 0.5) is 0 Å². The normalized spacial score (nSPS) is 12.2. The lowest BCUT2D eigenvalue weighted by Gasteiger charge is -2.10. The Hall–Kier alpha value is -2.57. The number of H-pyrrole nitrogens is 1. The number of rotatable bonds is 4. The Morgan fingerprint density at radius 2 is 1.96 bits per heavy atom. The Morgan fingerprint density at radius 1 is 1.15 bits per heavy atom. The minimum absolute atomic E-state index is 0.412. The maximum Gasteiger partial charge on any atom is 0.177 e. The van der Waals surface area contributed by atoms with Crippen molar-refractivity contribution in [1.82, 2.24) is 19.5 Å². The van der Waals surface area contributed by atoms with Crippen LogP contribution < -0.4 is 5.49 Å². The first kappa shape index (κ1) is 16.9. The molecule has 1 aromatic carbocycles. The molecule has 8 heteroatoms. The summed E-state index contributed by atoms with van der Waals surface area (Å²) in [6.07, 6.45) is 3.31. The Labute approximate surface area is 159 Å². The number of fused-ring (bicyclic) bond motifs is 1. The molecule has 0 aliphatic rings. The molecule has 0 saturated heterocycles. The molecule has 6 nitrogen and oxygen atoms in total. The molecule has 0 bridgehead atoms. The highest BCUT2D eigenvalue weighted by Gasteiger charge is 2.10. The number of halogens is 2. The molecule has 3 heterocycles. The van der Waals surface area contributed by atoms with Gasteiger partial charge in [0, 0.05) is 15.6 Å². The standard InChI is InChI=1S/C18H15Cl2N5O/c1-11-5-6-12(26-11)7-21-17-16-18(23-9-22-16)25(10-24-17)8-13-14(19)3-2-4-15(13)20/h2-6,9-10H,7-8H2,1H3,(H,22,23). The highest BCUT2D eigenvalue weighted by molar-refractivity contribution is 6.35. The van der Waals surface area contributed by atoms with Crippen molar-refractivity contribution in [3.05, 3.63) is 75.6 Å². The lowest BCUT2D eigenvalue weighted by Crippen LogP contribution is -2.15. The first-order valence-corrected chi connectivity index (χ1v) is 8.74. The molecule has 0 aliphatic heterocycles. The number of nitrogens with zero attached hydrogens (tertiary/aromatic N) is 4. The van der Waals surface area contributed by atoms with Gasteiger partial charge < -0.3 is 14.0 Å². The molecular formula is C18H15Cl2N5O. The average molecular weight is 388 g/mol. The van der Waals surface area contributed by atoms with E-state index in [9.17, 15) is 0 Å². The Morgan fingerprint density at radius 3 is 2.69 bits per heavy atom. The van der Waals surface area contributed by atoms with Gasteiger partial charge in [0.15, 0.2) is 11.1 Å². The summed E-state index contributed by atoms with van der Waals surface area (Å²) < 4.78 is 7.43. The monoisotopic (exact) mass is 387 g/mol. The third kappa shape index (κ3) is 3.25. The summed E-state index contributed by atoms with van der Waals surface area (Å²) in [4.78, 5) is 16.5. The van der Waals surface area contributed by atoms with Crippen molar-refractivity contribution in [3.8, 4) is 0 Å². The minimum Gasteiger partial charge on any atom is -0.464 e. The van der Waals surface area contributed by atoms with E-state index in [1.807, 2.05) is 41.8 Å². The average Bonchev–Trinajstić information content (AvgIpc) is 3.26. The smallest absolute Gasteiger partial charge is 0.177 e. The fourth-order valence-electron chi connectivity index (χ4n) is 2.73. The number of benzene rings is 1. The summed E-state index contributed by atoms with van der Waals surface area (Å²) in [6, 6.07) is 9.27. The van der Waals surface area contributed by atoms with Gasteiger partial charge >= 0.3 is 0 Å². The molecule has 0 amide bonds. The minimum atomic E-state index is 0.412. The second-order valence-electron chi connectivity index (χ2n) is 5.83. The lowest BCUT2D eigenvalue weighted by molar-refractivity contribution is 0.484. The predicted octanol–water partition coefficient (Wildman–Crippen LogP) is 4.12. The van der Waals surface area contributed by atoms with Gasteiger partial charge in [-0.15, -0.1) is 0 Å². The zero-order valence-electron chi connectivity index (χ0n) is 13.9. The number of hydrogen-bond donors (Lipinski definition) is 1. The van der Waals surface area contributed by atoms with Crippen molar-refractivity contribution >= 4 is 34.4 Å². The van der Waals surface area contributed by atoms with Gasteiger partial charge in [0.2, 0.25) is 0 Å². The van der Waals surface area contributed by atoms with Crippen LogP contribution in [0.3, 0.4) is 0 Å². The maximum absolute atomic E-state index is 6.28. The van der Waals surface area contributed by atoms with Crippen molar-refractivity contribution in [1.29, 1.82) is 0 Å². The van der Waals surface area contributed by atoms with E-state index in [4.69, 9.17) is 27.6 Å². The van der Waals surface area contributed by atoms with Gasteiger partial charge in [-0.2, -0.15) is 0 Å². The van der Waals surface area contributed by atoms with Crippen molar-refractivity contribution in [2.24, 2.45) is 4.99 Å². The Kier molecular flexibility index (Phi) is 4.53. The SMILES string of the molecule is Cc1ccc(CN=c2ncn(Cc3c(Cl)cccc3Cl)c3nc[nH]c23)o1. The van der Waals surface area contributed by atoms with Crippen LogP contribution in [0.1, 0.15) is 17.1 Å². The van der Waals surface area contributed by atoms with Crippen molar-refractivity contribution in [2.45, 2.75) is 20.0 Å². The van der Waals surface area contributed by atoms with Crippen LogP contribution in [0, 0.1) is 6.92 Å². The third-order valence-electron chi connectivity index (χ3n) is 4.01. The van der Waals surface area contributed by atoms with E-state index in [1.165, 1.54) is 0 Å². The largest absolute Gasteiger partial charge is 0.464 e. The number of imidazole rings is 1. The van der Waals surface area contributed by atoms with Gasteiger partial charge in [0.1, 0.15) is 17.0 Å². The van der Waals surface area contributed by atoms with Gasteiger partial charge in [-0.1, -0.05) is 29.3 Å². The molecule has 3 aromatic heterocycles. The van der Waals surface area contributed by atoms with E-state index < -0.39 is 0 Å². The second-order valence-corrected chi connectivity index (χ2v) is 6.64. The van der Waals surface area contributed by atoms with Crippen LogP contribution in [0.5, 0.6) is 0 Å². The Balaban J connectivity index is 1.72. The number of aromatic amines is 1. The zero-order chi connectivity index (χ0) is 18.1. The van der Waals surface area contributed by atoms with E-state index in [0.717, 1.165) is 28.2 Å². The molecule has 0 unspecified atom stereocenters. The van der Waals surface area contributed by atoms with E-state index >= 15 is 0 Å². The fourth-order valence-corrected chi connectivity index (χ4v) is 3.24. The fraction of sp³-hybridized carbons (Fsp3) is 0.167. The Bertz CT molecular complexity index is 1120. The van der Waals surface area contributed by atoms with Crippen molar-refractivity contribution in [3.63, 3.8) is 0 Å². The molecule has 1 N–H and O–H groups in total. The van der Waals surface area contributed by atoms with Gasteiger partial charge in [-0.05, 0) is 31.2 Å². The maximum atomic E-state index is 6.28. The van der Waals surface area contributed by atoms with E-state index in [2.05, 4.69) is 19.9 Å². The number of furan rings is 1. The van der Waals surface area contributed by atoms with Gasteiger partial charge in [0.25, 0.3) is 0 Å². The molecule has 0 spiro atoms. The number of hydrogen-bond acceptors (Lipinski definition) is 4. The lowest BCUT2D eigenvalue weighted by atomic mass is 10.2. The summed E-state index contributed by atoms with van der Waals surface area (Å²) in [5, 5.41) is 1.21. The number of aromatic nitrogens is 4. The quantitative estimate of drug-likeness (QED) is 0.572. The second kappa shape index (κ2) is 6.97. The topological polar surface area (TPSA) is 72.0 Å². The van der Waals surface area contributed by atoms with Crippen LogP contribution in [-0.4, -0.2) is 19.5 Å². The molecule has 0 saturated carbocycles. The van der Waals surface area contributed by atoms with Gasteiger partial charge in [-0.25, -0.2) is 9.97 Å². The first-order chi connectivity index (χ1) is 12.6. The van der Waals surface area contributed by atoms with Crippen LogP contribution in [-0.2, 0) is 13.1 Å². The van der Waals surface area contributed by atoms with Crippen LogP contribution in [0.15, 0.2) is 52.4 Å². The van der Waals surface area contributed by atoms with E-state index in [1.54, 1.807) is 12.7 Å². The molecule has 4 aromatic rings. The molecule has 0 atom stereocenters. The highest BCUT2D eigenvalue weighted by atomic mass is 35.5. The summed E-state index contributed by atoms with van der Waals surface area (Å²) in [5.74, 6) is 1.65. The molecule has 4 rings (SSSR count). The molecule has 0 radical (unpaired) electrons. The van der Waals surface area contributed by atoms with Crippen molar-refractivity contribution < 1.29 is 4.42 Å². The van der Waals surface area contributed by atoms with Gasteiger partial charge in [-0.3, -0.25) is 4.99 Å². The zero-order valence-corrected chi connectivity index (χ0v) is 15.4.